The fourth-order valence-electron chi connectivity index (χ4n) is 5.05. The number of aromatic nitrogens is 4. The summed E-state index contributed by atoms with van der Waals surface area (Å²) in [5.74, 6) is -1.17. The van der Waals surface area contributed by atoms with Crippen molar-refractivity contribution in [1.82, 2.24) is 24.8 Å². The van der Waals surface area contributed by atoms with Gasteiger partial charge < -0.3 is 19.9 Å². The number of carbonyl (C=O) groups is 1. The van der Waals surface area contributed by atoms with Gasteiger partial charge in [0.15, 0.2) is 5.69 Å². The molecular formula is C27H30F4N8O2. The summed E-state index contributed by atoms with van der Waals surface area (Å²) < 4.78 is 61.8. The maximum absolute atomic E-state index is 15.7. The van der Waals surface area contributed by atoms with E-state index in [1.165, 1.54) is 24.5 Å². The highest BCUT2D eigenvalue weighted by molar-refractivity contribution is 6.07. The second kappa shape index (κ2) is 11.5. The minimum atomic E-state index is -4.87. The Kier molecular flexibility index (Phi) is 8.04. The fraction of sp³-hybridized carbons (Fsp3) is 0.444. The lowest BCUT2D eigenvalue weighted by Crippen LogP contribution is -2.55. The van der Waals surface area contributed by atoms with Crippen molar-refractivity contribution < 1.29 is 27.1 Å². The van der Waals surface area contributed by atoms with Crippen molar-refractivity contribution in [3.8, 4) is 11.1 Å². The fourth-order valence-corrected chi connectivity index (χ4v) is 5.05. The summed E-state index contributed by atoms with van der Waals surface area (Å²) in [6.07, 6.45) is -0.362. The number of alkyl halides is 3. The quantitative estimate of drug-likeness (QED) is 0.458. The van der Waals surface area contributed by atoms with Crippen LogP contribution in [0.25, 0.3) is 11.1 Å². The third-order valence-corrected chi connectivity index (χ3v) is 7.50. The van der Waals surface area contributed by atoms with Gasteiger partial charge in [0.2, 0.25) is 5.95 Å². The van der Waals surface area contributed by atoms with Crippen LogP contribution in [0.5, 0.6) is 0 Å². The molecule has 218 valence electrons. The van der Waals surface area contributed by atoms with E-state index in [0.717, 1.165) is 12.5 Å². The molecule has 5 rings (SSSR count). The maximum Gasteiger partial charge on any atom is 0.434 e. The molecule has 3 aromatic rings. The average molecular weight is 575 g/mol. The van der Waals surface area contributed by atoms with Crippen molar-refractivity contribution in [3.63, 3.8) is 0 Å². The molecule has 1 N–H and O–H groups in total. The molecular weight excluding hydrogens is 544 g/mol. The van der Waals surface area contributed by atoms with Crippen LogP contribution in [0.15, 0.2) is 37.1 Å². The van der Waals surface area contributed by atoms with Crippen LogP contribution in [0.2, 0.25) is 0 Å². The summed E-state index contributed by atoms with van der Waals surface area (Å²) >= 11 is 0. The van der Waals surface area contributed by atoms with Gasteiger partial charge in [0.1, 0.15) is 12.1 Å². The first kappa shape index (κ1) is 28.6. The SMILES string of the molecule is C[C@@H]1CN(c2cc(F)c(-c3cnc(N4CCOCC4)nc3)cc2NC(=O)c2cncnc2C(F)(F)F)C[C@H](C)N1C. The monoisotopic (exact) mass is 574 g/mol. The number of halogens is 4. The molecule has 0 aliphatic carbocycles. The molecule has 1 aromatic carbocycles. The van der Waals surface area contributed by atoms with E-state index in [2.05, 4.69) is 30.2 Å². The molecule has 2 fully saturated rings. The van der Waals surface area contributed by atoms with Crippen molar-refractivity contribution in [2.45, 2.75) is 32.1 Å². The average Bonchev–Trinajstić information content (AvgIpc) is 2.96. The number of nitrogens with zero attached hydrogens (tertiary/aromatic N) is 7. The van der Waals surface area contributed by atoms with Gasteiger partial charge in [-0.05, 0) is 33.0 Å². The Morgan fingerprint density at radius 1 is 1.00 bits per heavy atom. The molecule has 4 heterocycles. The van der Waals surface area contributed by atoms with Crippen LogP contribution in [0.3, 0.4) is 0 Å². The van der Waals surface area contributed by atoms with Gasteiger partial charge in [-0.15, -0.1) is 0 Å². The molecule has 1 amide bonds. The molecule has 10 nitrogen and oxygen atoms in total. The van der Waals surface area contributed by atoms with E-state index in [9.17, 15) is 18.0 Å². The van der Waals surface area contributed by atoms with Gasteiger partial charge in [-0.25, -0.2) is 24.3 Å². The summed E-state index contributed by atoms with van der Waals surface area (Å²) in [4.78, 5) is 34.9. The van der Waals surface area contributed by atoms with E-state index >= 15 is 4.39 Å². The van der Waals surface area contributed by atoms with Crippen LogP contribution in [0.1, 0.15) is 29.9 Å². The molecule has 2 aliphatic heterocycles. The molecule has 0 radical (unpaired) electrons. The number of rotatable bonds is 5. The maximum atomic E-state index is 15.7. The van der Waals surface area contributed by atoms with Crippen molar-refractivity contribution in [1.29, 1.82) is 0 Å². The van der Waals surface area contributed by atoms with E-state index in [1.807, 2.05) is 30.7 Å². The predicted molar refractivity (Wildman–Crippen MR) is 144 cm³/mol. The second-order valence-electron chi connectivity index (χ2n) is 10.2. The van der Waals surface area contributed by atoms with Gasteiger partial charge in [0.25, 0.3) is 5.91 Å². The summed E-state index contributed by atoms with van der Waals surface area (Å²) in [6.45, 7) is 7.44. The zero-order chi connectivity index (χ0) is 29.3. The summed E-state index contributed by atoms with van der Waals surface area (Å²) in [5.41, 5.74) is -1.17. The lowest BCUT2D eigenvalue weighted by atomic mass is 10.0. The number of hydrogen-bond acceptors (Lipinski definition) is 9. The topological polar surface area (TPSA) is 99.6 Å². The number of likely N-dealkylation sites (N-methyl/N-ethyl adjacent to an activating group) is 1. The van der Waals surface area contributed by atoms with E-state index < -0.39 is 29.2 Å². The summed E-state index contributed by atoms with van der Waals surface area (Å²) in [7, 11) is 1.99. The number of amides is 1. The number of anilines is 3. The Labute approximate surface area is 234 Å². The molecule has 2 saturated heterocycles. The zero-order valence-corrected chi connectivity index (χ0v) is 22.8. The summed E-state index contributed by atoms with van der Waals surface area (Å²) in [6, 6.07) is 2.90. The molecule has 14 heteroatoms. The van der Waals surface area contributed by atoms with Gasteiger partial charge in [-0.1, -0.05) is 0 Å². The van der Waals surface area contributed by atoms with E-state index in [0.29, 0.717) is 56.6 Å². The Bertz CT molecular complexity index is 1390. The van der Waals surface area contributed by atoms with Gasteiger partial charge in [0, 0.05) is 68.0 Å². The number of morpholine rings is 1. The highest BCUT2D eigenvalue weighted by Gasteiger charge is 2.38. The first-order valence-electron chi connectivity index (χ1n) is 13.2. The van der Waals surface area contributed by atoms with Crippen molar-refractivity contribution in [3.05, 3.63) is 54.1 Å². The van der Waals surface area contributed by atoms with Gasteiger partial charge in [-0.3, -0.25) is 9.69 Å². The summed E-state index contributed by atoms with van der Waals surface area (Å²) in [5, 5.41) is 2.57. The molecule has 41 heavy (non-hydrogen) atoms. The van der Waals surface area contributed by atoms with Crippen molar-refractivity contribution >= 4 is 23.2 Å². The molecule has 0 bridgehead atoms. The van der Waals surface area contributed by atoms with Crippen LogP contribution >= 0.6 is 0 Å². The molecule has 2 atom stereocenters. The molecule has 0 unspecified atom stereocenters. The Morgan fingerprint density at radius 3 is 2.29 bits per heavy atom. The van der Waals surface area contributed by atoms with Gasteiger partial charge >= 0.3 is 6.18 Å². The van der Waals surface area contributed by atoms with Gasteiger partial charge in [0.05, 0.1) is 30.2 Å². The Balaban J connectivity index is 1.53. The highest BCUT2D eigenvalue weighted by atomic mass is 19.4. The Morgan fingerprint density at radius 2 is 1.66 bits per heavy atom. The lowest BCUT2D eigenvalue weighted by molar-refractivity contribution is -0.141. The second-order valence-corrected chi connectivity index (χ2v) is 10.2. The standard InChI is InChI=1S/C27H30F4N8O2/c1-16-13-39(14-17(2)37(16)3)23-9-21(28)19(18-10-33-26(34-11-18)38-4-6-41-7-5-38)8-22(23)36-25(40)20-12-32-15-35-24(20)27(29,30)31/h8-12,15-17H,4-7,13-14H2,1-3H3,(H,36,40)/t16-,17+. The van der Waals surface area contributed by atoms with E-state index in [1.54, 1.807) is 0 Å². The number of nitrogens with one attached hydrogen (secondary N) is 1. The number of hydrogen-bond donors (Lipinski definition) is 1. The van der Waals surface area contributed by atoms with Crippen LogP contribution in [-0.2, 0) is 10.9 Å². The minimum absolute atomic E-state index is 0.0909. The van der Waals surface area contributed by atoms with Crippen LogP contribution in [0.4, 0.5) is 34.9 Å². The molecule has 0 saturated carbocycles. The lowest BCUT2D eigenvalue weighted by Gasteiger charge is -2.44. The third kappa shape index (κ3) is 6.07. The first-order valence-corrected chi connectivity index (χ1v) is 13.2. The zero-order valence-electron chi connectivity index (χ0n) is 22.8. The molecule has 2 aliphatic rings. The van der Waals surface area contributed by atoms with E-state index in [-0.39, 0.29) is 23.3 Å². The third-order valence-electron chi connectivity index (χ3n) is 7.50. The Hall–Kier alpha value is -3.91. The van der Waals surface area contributed by atoms with Gasteiger partial charge in [-0.2, -0.15) is 13.2 Å². The van der Waals surface area contributed by atoms with Crippen LogP contribution in [-0.4, -0.2) is 89.3 Å². The van der Waals surface area contributed by atoms with Crippen LogP contribution < -0.4 is 15.1 Å². The number of carbonyl (C=O) groups excluding carboxylic acids is 1. The number of benzene rings is 1. The first-order chi connectivity index (χ1) is 19.5. The molecule has 0 spiro atoms. The van der Waals surface area contributed by atoms with Crippen LogP contribution in [0, 0.1) is 5.82 Å². The largest absolute Gasteiger partial charge is 0.434 e. The molecule has 2 aromatic heterocycles. The smallest absolute Gasteiger partial charge is 0.378 e. The number of ether oxygens (including phenoxy) is 1. The minimum Gasteiger partial charge on any atom is -0.378 e. The van der Waals surface area contributed by atoms with Crippen molar-refractivity contribution in [2.24, 2.45) is 0 Å². The highest BCUT2D eigenvalue weighted by Crippen LogP contribution is 2.37. The van der Waals surface area contributed by atoms with Crippen molar-refractivity contribution in [2.75, 3.05) is 61.6 Å². The normalized spacial score (nSPS) is 20.3. The predicted octanol–water partition coefficient (Wildman–Crippen LogP) is 3.71. The number of piperazine rings is 1. The van der Waals surface area contributed by atoms with E-state index in [4.69, 9.17) is 4.74 Å².